The van der Waals surface area contributed by atoms with E-state index in [1.54, 1.807) is 12.4 Å². The average molecular weight is 539 g/mol. The zero-order valence-corrected chi connectivity index (χ0v) is 21.9. The highest BCUT2D eigenvalue weighted by Crippen LogP contribution is 2.69. The topological polar surface area (TPSA) is 83.8 Å². The lowest BCUT2D eigenvalue weighted by Gasteiger charge is -2.41. The number of hydrogen-bond donors (Lipinski definition) is 3. The Bertz CT molecular complexity index is 1210. The molecule has 0 spiro atoms. The van der Waals surface area contributed by atoms with Crippen LogP contribution in [-0.2, 0) is 11.2 Å². The maximum atomic E-state index is 12.7. The Balaban J connectivity index is 1.81. The fourth-order valence-electron chi connectivity index (χ4n) is 5.88. The van der Waals surface area contributed by atoms with Crippen molar-refractivity contribution in [3.05, 3.63) is 88.2 Å². The lowest BCUT2D eigenvalue weighted by Crippen LogP contribution is -2.52. The Labute approximate surface area is 214 Å². The van der Waals surface area contributed by atoms with E-state index in [1.807, 2.05) is 54.6 Å². The molecule has 0 radical (unpaired) electrons. The molecule has 5 atom stereocenters. The molecule has 6 nitrogen and oxygen atoms in total. The monoisotopic (exact) mass is 538 g/mol. The molecule has 2 heterocycles. The predicted octanol–water partition coefficient (Wildman–Crippen LogP) is 4.49. The zero-order valence-electron chi connectivity index (χ0n) is 20.3. The summed E-state index contributed by atoms with van der Waals surface area (Å²) in [6.07, 6.45) is 2.00. The van der Waals surface area contributed by atoms with E-state index in [1.165, 1.54) is 7.11 Å². The molecule has 0 bridgehead atoms. The first kappa shape index (κ1) is 24.3. The second kappa shape index (κ2) is 8.59. The number of aliphatic hydroxyl groups is 2. The summed E-state index contributed by atoms with van der Waals surface area (Å²) in [4.78, 5) is 4.27. The lowest BCUT2D eigenvalue weighted by atomic mass is 9.70. The van der Waals surface area contributed by atoms with Crippen LogP contribution in [0.3, 0.4) is 0 Å². The molecule has 0 amide bonds. The van der Waals surface area contributed by atoms with E-state index in [2.05, 4.69) is 47.0 Å². The first-order valence-corrected chi connectivity index (χ1v) is 12.6. The molecule has 5 rings (SSSR count). The minimum absolute atomic E-state index is 0.174. The van der Waals surface area contributed by atoms with E-state index < -0.39 is 17.3 Å². The summed E-state index contributed by atoms with van der Waals surface area (Å²) in [6, 6.07) is 17.8. The van der Waals surface area contributed by atoms with Gasteiger partial charge in [-0.2, -0.15) is 0 Å². The molecule has 2 aliphatic rings. The van der Waals surface area contributed by atoms with Crippen molar-refractivity contribution in [2.45, 2.75) is 49.5 Å². The van der Waals surface area contributed by atoms with E-state index in [4.69, 9.17) is 9.47 Å². The number of pyridine rings is 1. The summed E-state index contributed by atoms with van der Waals surface area (Å²) in [7, 11) is 1.54. The van der Waals surface area contributed by atoms with Crippen LogP contribution in [0.5, 0.6) is 11.5 Å². The quantitative estimate of drug-likeness (QED) is 0.443. The Morgan fingerprint density at radius 3 is 2.40 bits per heavy atom. The smallest absolute Gasteiger partial charge is 0.177 e. The van der Waals surface area contributed by atoms with Crippen LogP contribution in [-0.4, -0.2) is 40.5 Å². The number of halogens is 1. The van der Waals surface area contributed by atoms with Gasteiger partial charge in [0.15, 0.2) is 11.2 Å². The van der Waals surface area contributed by atoms with Gasteiger partial charge >= 0.3 is 0 Å². The van der Waals surface area contributed by atoms with Crippen LogP contribution in [0.4, 0.5) is 0 Å². The fourth-order valence-corrected chi connectivity index (χ4v) is 6.15. The Hall–Kier alpha value is -2.45. The van der Waals surface area contributed by atoms with Gasteiger partial charge in [0.1, 0.15) is 11.5 Å². The number of ether oxygens (including phenoxy) is 2. The summed E-state index contributed by atoms with van der Waals surface area (Å²) in [5, 5.41) is 28.3. The number of rotatable bonds is 5. The van der Waals surface area contributed by atoms with Gasteiger partial charge in [0.25, 0.3) is 0 Å². The Morgan fingerprint density at radius 2 is 1.77 bits per heavy atom. The average Bonchev–Trinajstić information content (AvgIpc) is 3.21. The number of aliphatic hydroxyl groups excluding tert-OH is 1. The Kier molecular flexibility index (Phi) is 5.95. The van der Waals surface area contributed by atoms with Gasteiger partial charge in [-0.05, 0) is 44.0 Å². The van der Waals surface area contributed by atoms with Crippen LogP contribution in [0.1, 0.15) is 43.4 Å². The largest absolute Gasteiger partial charge is 0.495 e. The SMILES string of the molecule is COc1cncc2c1[C@]1(O)[C@H](O)[C@H](CNC(C)(C)C)[C@@H](c3ccccc3)[C@]1(c1ccc(Br)cc1)O2. The van der Waals surface area contributed by atoms with Gasteiger partial charge in [0, 0.05) is 28.4 Å². The van der Waals surface area contributed by atoms with Gasteiger partial charge in [-0.1, -0.05) is 58.4 Å². The molecule has 7 heteroatoms. The molecule has 0 unspecified atom stereocenters. The highest BCUT2D eigenvalue weighted by molar-refractivity contribution is 9.10. The first-order valence-electron chi connectivity index (χ1n) is 11.8. The summed E-state index contributed by atoms with van der Waals surface area (Å²) in [5.74, 6) is 0.0596. The zero-order chi connectivity index (χ0) is 25.0. The molecule has 1 aliphatic carbocycles. The Morgan fingerprint density at radius 1 is 1.09 bits per heavy atom. The van der Waals surface area contributed by atoms with Gasteiger partial charge in [-0.15, -0.1) is 0 Å². The van der Waals surface area contributed by atoms with Crippen LogP contribution < -0.4 is 14.8 Å². The van der Waals surface area contributed by atoms with Crippen molar-refractivity contribution >= 4 is 15.9 Å². The van der Waals surface area contributed by atoms with Crippen molar-refractivity contribution in [1.82, 2.24) is 10.3 Å². The van der Waals surface area contributed by atoms with Crippen molar-refractivity contribution in [2.24, 2.45) is 5.92 Å². The molecule has 184 valence electrons. The molecule has 1 saturated carbocycles. The molecular weight excluding hydrogens is 508 g/mol. The predicted molar refractivity (Wildman–Crippen MR) is 138 cm³/mol. The van der Waals surface area contributed by atoms with Crippen LogP contribution in [0.2, 0.25) is 0 Å². The van der Waals surface area contributed by atoms with Crippen molar-refractivity contribution in [3.8, 4) is 11.5 Å². The van der Waals surface area contributed by atoms with Crippen LogP contribution in [0, 0.1) is 5.92 Å². The number of aromatic nitrogens is 1. The first-order chi connectivity index (χ1) is 16.6. The van der Waals surface area contributed by atoms with Crippen molar-refractivity contribution in [2.75, 3.05) is 13.7 Å². The summed E-state index contributed by atoms with van der Waals surface area (Å²) >= 11 is 3.53. The lowest BCUT2D eigenvalue weighted by molar-refractivity contribution is -0.152. The highest BCUT2D eigenvalue weighted by atomic mass is 79.9. The van der Waals surface area contributed by atoms with Crippen LogP contribution >= 0.6 is 15.9 Å². The third-order valence-electron chi connectivity index (χ3n) is 7.31. The maximum absolute atomic E-state index is 12.7. The summed E-state index contributed by atoms with van der Waals surface area (Å²) in [5.41, 5.74) is -1.08. The minimum Gasteiger partial charge on any atom is -0.495 e. The molecule has 0 saturated heterocycles. The van der Waals surface area contributed by atoms with E-state index in [-0.39, 0.29) is 17.4 Å². The normalized spacial score (nSPS) is 29.4. The fraction of sp³-hybridized carbons (Fsp3) is 0.393. The number of nitrogens with one attached hydrogen (secondary N) is 1. The van der Waals surface area contributed by atoms with Gasteiger partial charge in [-0.25, -0.2) is 0 Å². The second-order valence-corrected chi connectivity index (χ2v) is 11.4. The molecule has 1 aromatic heterocycles. The van der Waals surface area contributed by atoms with Crippen molar-refractivity contribution < 1.29 is 19.7 Å². The van der Waals surface area contributed by atoms with E-state index in [9.17, 15) is 10.2 Å². The van der Waals surface area contributed by atoms with Gasteiger partial charge in [-0.3, -0.25) is 4.98 Å². The minimum atomic E-state index is -1.78. The van der Waals surface area contributed by atoms with Crippen molar-refractivity contribution in [3.63, 3.8) is 0 Å². The number of nitrogens with zero attached hydrogens (tertiary/aromatic N) is 1. The number of methoxy groups -OCH3 is 1. The third kappa shape index (κ3) is 3.59. The maximum Gasteiger partial charge on any atom is 0.177 e. The van der Waals surface area contributed by atoms with E-state index in [0.717, 1.165) is 15.6 Å². The number of fused-ring (bicyclic) bond motifs is 3. The molecule has 1 fully saturated rings. The summed E-state index contributed by atoms with van der Waals surface area (Å²) < 4.78 is 13.3. The molecule has 1 aliphatic heterocycles. The van der Waals surface area contributed by atoms with Crippen molar-refractivity contribution in [1.29, 1.82) is 0 Å². The standard InChI is InChI=1S/C28H31BrN2O4/c1-26(2,3)31-14-20-23(17-8-6-5-7-9-17)28(18-10-12-19(29)13-11-18)27(33,25(20)32)24-21(34-4)15-30-16-22(24)35-28/h5-13,15-16,20,23,25,31-33H,14H2,1-4H3/t20-,23-,25-,27+,28+/m1/s1. The number of benzene rings is 2. The second-order valence-electron chi connectivity index (χ2n) is 10.5. The molecule has 2 aromatic carbocycles. The molecule has 3 N–H and O–H groups in total. The highest BCUT2D eigenvalue weighted by Gasteiger charge is 2.76. The van der Waals surface area contributed by atoms with Gasteiger partial charge in [0.05, 0.1) is 31.2 Å². The molecule has 35 heavy (non-hydrogen) atoms. The van der Waals surface area contributed by atoms with E-state index in [0.29, 0.717) is 23.6 Å². The molecular formula is C28H31BrN2O4. The third-order valence-corrected chi connectivity index (χ3v) is 7.84. The van der Waals surface area contributed by atoms with E-state index >= 15 is 0 Å². The summed E-state index contributed by atoms with van der Waals surface area (Å²) in [6.45, 7) is 6.75. The molecule has 3 aromatic rings. The van der Waals surface area contributed by atoms with Gasteiger partial charge in [0.2, 0.25) is 0 Å². The van der Waals surface area contributed by atoms with Crippen LogP contribution in [0.15, 0.2) is 71.5 Å². The number of hydrogen-bond acceptors (Lipinski definition) is 6. The van der Waals surface area contributed by atoms with Gasteiger partial charge < -0.3 is 25.0 Å². The van der Waals surface area contributed by atoms with Crippen LogP contribution in [0.25, 0.3) is 0 Å².